The van der Waals surface area contributed by atoms with Crippen molar-refractivity contribution in [2.45, 2.75) is 38.3 Å². The number of carbonyl (C=O) groups is 1. The second kappa shape index (κ2) is 8.51. The van der Waals surface area contributed by atoms with E-state index in [-0.39, 0.29) is 11.9 Å². The number of halogens is 1. The van der Waals surface area contributed by atoms with Crippen LogP contribution < -0.4 is 4.90 Å². The molecular formula is C19H27ClN2O. The van der Waals surface area contributed by atoms with Crippen molar-refractivity contribution in [3.8, 4) is 0 Å². The third-order valence-electron chi connectivity index (χ3n) is 4.66. The number of anilines is 1. The zero-order valence-electron chi connectivity index (χ0n) is 14.1. The van der Waals surface area contributed by atoms with Gasteiger partial charge in [-0.2, -0.15) is 0 Å². The normalized spacial score (nSPS) is 23.9. The van der Waals surface area contributed by atoms with Crippen LogP contribution in [-0.2, 0) is 4.79 Å². The zero-order chi connectivity index (χ0) is 16.8. The number of likely N-dealkylation sites (N-methyl/N-ethyl adjacent to an activating group) is 1. The molecule has 3 atom stereocenters. The van der Waals surface area contributed by atoms with Crippen LogP contribution in [0.1, 0.15) is 26.2 Å². The number of carbonyl (C=O) groups excluding carboxylic acids is 1. The highest BCUT2D eigenvalue weighted by Gasteiger charge is 2.40. The lowest BCUT2D eigenvalue weighted by atomic mass is 10.1. The molecule has 126 valence electrons. The molecule has 1 aliphatic rings. The molecule has 2 rings (SSSR count). The monoisotopic (exact) mass is 334 g/mol. The molecule has 0 heterocycles. The summed E-state index contributed by atoms with van der Waals surface area (Å²) in [4.78, 5) is 17.1. The molecule has 4 heteroatoms. The highest BCUT2D eigenvalue weighted by atomic mass is 35.5. The third-order valence-corrected chi connectivity index (χ3v) is 4.85. The van der Waals surface area contributed by atoms with E-state index in [1.807, 2.05) is 41.3 Å². The van der Waals surface area contributed by atoms with Crippen molar-refractivity contribution in [3.05, 3.63) is 43.0 Å². The number of para-hydroxylation sites is 1. The molecule has 1 aromatic rings. The Hall–Kier alpha value is -1.32. The summed E-state index contributed by atoms with van der Waals surface area (Å²) in [6.07, 6.45) is 4.42. The lowest BCUT2D eigenvalue weighted by Gasteiger charge is -2.37. The van der Waals surface area contributed by atoms with Crippen LogP contribution in [0.5, 0.6) is 0 Å². The first-order valence-electron chi connectivity index (χ1n) is 8.32. The first-order valence-corrected chi connectivity index (χ1v) is 8.86. The molecule has 0 aliphatic heterocycles. The largest absolute Gasteiger partial charge is 0.308 e. The summed E-state index contributed by atoms with van der Waals surface area (Å²) in [6.45, 7) is 6.95. The van der Waals surface area contributed by atoms with E-state index in [1.54, 1.807) is 0 Å². The molecule has 0 spiro atoms. The maximum atomic E-state index is 12.8. The predicted molar refractivity (Wildman–Crippen MR) is 98.1 cm³/mol. The Morgan fingerprint density at radius 3 is 2.57 bits per heavy atom. The lowest BCUT2D eigenvalue weighted by Crippen LogP contribution is -2.50. The molecule has 3 unspecified atom stereocenters. The van der Waals surface area contributed by atoms with E-state index in [0.29, 0.717) is 24.3 Å². The van der Waals surface area contributed by atoms with Gasteiger partial charge in [-0.1, -0.05) is 31.2 Å². The minimum absolute atomic E-state index is 0.113. The van der Waals surface area contributed by atoms with E-state index in [9.17, 15) is 4.79 Å². The number of benzene rings is 1. The van der Waals surface area contributed by atoms with Crippen LogP contribution in [0.4, 0.5) is 5.69 Å². The molecular weight excluding hydrogens is 308 g/mol. The van der Waals surface area contributed by atoms with Gasteiger partial charge in [0, 0.05) is 30.6 Å². The van der Waals surface area contributed by atoms with Gasteiger partial charge in [0.15, 0.2) is 0 Å². The van der Waals surface area contributed by atoms with Crippen molar-refractivity contribution < 1.29 is 4.79 Å². The van der Waals surface area contributed by atoms with Crippen LogP contribution in [0.2, 0.25) is 0 Å². The maximum Gasteiger partial charge on any atom is 0.228 e. The minimum Gasteiger partial charge on any atom is -0.308 e. The van der Waals surface area contributed by atoms with Crippen LogP contribution in [0, 0.1) is 5.92 Å². The van der Waals surface area contributed by atoms with Gasteiger partial charge in [0.05, 0.1) is 6.04 Å². The Balaban J connectivity index is 2.32. The molecule has 1 saturated carbocycles. The molecule has 1 aliphatic carbocycles. The molecule has 1 amide bonds. The van der Waals surface area contributed by atoms with Crippen molar-refractivity contribution in [1.29, 1.82) is 0 Å². The van der Waals surface area contributed by atoms with Crippen LogP contribution in [-0.4, -0.2) is 42.4 Å². The first-order chi connectivity index (χ1) is 11.1. The molecule has 0 aromatic heterocycles. The quantitative estimate of drug-likeness (QED) is 0.557. The third kappa shape index (κ3) is 4.36. The average molecular weight is 335 g/mol. The summed E-state index contributed by atoms with van der Waals surface area (Å²) < 4.78 is 0. The number of hydrogen-bond acceptors (Lipinski definition) is 2. The standard InChI is InChI=1S/C19H27ClN2O/c1-4-12-21(3)17-13-15(2)14-18(17)22(19(23)10-11-20)16-8-6-5-7-9-16/h4-9,15,17-18H,1,10-14H2,2-3H3. The fourth-order valence-electron chi connectivity index (χ4n) is 3.64. The molecule has 1 fully saturated rings. The second-order valence-electron chi connectivity index (χ2n) is 6.48. The highest BCUT2D eigenvalue weighted by molar-refractivity contribution is 6.19. The van der Waals surface area contributed by atoms with Crippen LogP contribution in [0.3, 0.4) is 0 Å². The fourth-order valence-corrected chi connectivity index (χ4v) is 3.80. The molecule has 0 bridgehead atoms. The summed E-state index contributed by atoms with van der Waals surface area (Å²) in [5.74, 6) is 1.08. The van der Waals surface area contributed by atoms with E-state index in [0.717, 1.165) is 25.1 Å². The number of alkyl halides is 1. The number of hydrogen-bond donors (Lipinski definition) is 0. The predicted octanol–water partition coefficient (Wildman–Crippen LogP) is 3.93. The van der Waals surface area contributed by atoms with E-state index in [2.05, 4.69) is 25.5 Å². The SMILES string of the molecule is C=CCN(C)C1CC(C)CC1N(C(=O)CCCl)c1ccccc1. The van der Waals surface area contributed by atoms with Gasteiger partial charge >= 0.3 is 0 Å². The van der Waals surface area contributed by atoms with Crippen LogP contribution >= 0.6 is 11.6 Å². The van der Waals surface area contributed by atoms with E-state index in [4.69, 9.17) is 11.6 Å². The Kier molecular flexibility index (Phi) is 6.67. The van der Waals surface area contributed by atoms with E-state index >= 15 is 0 Å². The zero-order valence-corrected chi connectivity index (χ0v) is 14.9. The summed E-state index contributed by atoms with van der Waals surface area (Å²) in [7, 11) is 2.12. The topological polar surface area (TPSA) is 23.6 Å². The van der Waals surface area contributed by atoms with Crippen molar-refractivity contribution in [3.63, 3.8) is 0 Å². The molecule has 0 saturated heterocycles. The van der Waals surface area contributed by atoms with Crippen molar-refractivity contribution >= 4 is 23.2 Å². The second-order valence-corrected chi connectivity index (χ2v) is 6.86. The summed E-state index contributed by atoms with van der Waals surface area (Å²) in [5, 5.41) is 0. The summed E-state index contributed by atoms with van der Waals surface area (Å²) in [6, 6.07) is 10.5. The van der Waals surface area contributed by atoms with Crippen molar-refractivity contribution in [2.24, 2.45) is 5.92 Å². The van der Waals surface area contributed by atoms with Gasteiger partial charge in [0.1, 0.15) is 0 Å². The molecule has 1 aromatic carbocycles. The Bertz CT molecular complexity index is 519. The van der Waals surface area contributed by atoms with E-state index < -0.39 is 0 Å². The maximum absolute atomic E-state index is 12.8. The van der Waals surface area contributed by atoms with E-state index in [1.165, 1.54) is 0 Å². The van der Waals surface area contributed by atoms with Crippen LogP contribution in [0.15, 0.2) is 43.0 Å². The van der Waals surface area contributed by atoms with Crippen molar-refractivity contribution in [1.82, 2.24) is 4.90 Å². The highest BCUT2D eigenvalue weighted by Crippen LogP contribution is 2.35. The van der Waals surface area contributed by atoms with Gasteiger partial charge in [0.25, 0.3) is 0 Å². The van der Waals surface area contributed by atoms with Gasteiger partial charge in [-0.05, 0) is 37.9 Å². The Morgan fingerprint density at radius 1 is 1.30 bits per heavy atom. The first kappa shape index (κ1) is 18.0. The molecule has 0 N–H and O–H groups in total. The van der Waals surface area contributed by atoms with Crippen LogP contribution in [0.25, 0.3) is 0 Å². The van der Waals surface area contributed by atoms with Gasteiger partial charge in [0.2, 0.25) is 5.91 Å². The minimum atomic E-state index is 0.113. The Morgan fingerprint density at radius 2 is 1.96 bits per heavy atom. The van der Waals surface area contributed by atoms with Gasteiger partial charge in [-0.15, -0.1) is 18.2 Å². The summed E-state index contributed by atoms with van der Waals surface area (Å²) >= 11 is 5.84. The lowest BCUT2D eigenvalue weighted by molar-refractivity contribution is -0.118. The van der Waals surface area contributed by atoms with Crippen molar-refractivity contribution in [2.75, 3.05) is 24.4 Å². The number of rotatable bonds is 7. The van der Waals surface area contributed by atoms with Gasteiger partial charge in [-0.3, -0.25) is 9.69 Å². The molecule has 23 heavy (non-hydrogen) atoms. The smallest absolute Gasteiger partial charge is 0.228 e. The Labute approximate surface area is 144 Å². The average Bonchev–Trinajstić information content (AvgIpc) is 2.91. The molecule has 0 radical (unpaired) electrons. The number of amides is 1. The fraction of sp³-hybridized carbons (Fsp3) is 0.526. The molecule has 3 nitrogen and oxygen atoms in total. The van der Waals surface area contributed by atoms with Gasteiger partial charge < -0.3 is 4.90 Å². The van der Waals surface area contributed by atoms with Gasteiger partial charge in [-0.25, -0.2) is 0 Å². The number of nitrogens with zero attached hydrogens (tertiary/aromatic N) is 2. The summed E-state index contributed by atoms with van der Waals surface area (Å²) in [5.41, 5.74) is 0.971.